The largest absolute Gasteiger partial charge is 0.491 e. The number of hydrogen-bond acceptors (Lipinski definition) is 4. The second kappa shape index (κ2) is 5.11. The van der Waals surface area contributed by atoms with Crippen molar-refractivity contribution < 1.29 is 14.3 Å². The van der Waals surface area contributed by atoms with Crippen LogP contribution in [0, 0.1) is 0 Å². The Balaban J connectivity index is 2.51. The molecule has 0 bridgehead atoms. The van der Waals surface area contributed by atoms with Crippen molar-refractivity contribution in [2.45, 2.75) is 6.04 Å². The van der Waals surface area contributed by atoms with Crippen LogP contribution in [0.4, 0.5) is 0 Å². The minimum Gasteiger partial charge on any atom is -0.491 e. The van der Waals surface area contributed by atoms with Gasteiger partial charge in [0.15, 0.2) is 0 Å². The third-order valence-electron chi connectivity index (χ3n) is 1.81. The lowest BCUT2D eigenvalue weighted by molar-refractivity contribution is -0.119. The highest BCUT2D eigenvalue weighted by molar-refractivity contribution is 5.79. The van der Waals surface area contributed by atoms with Crippen LogP contribution in [0.5, 0.6) is 5.75 Å². The predicted molar refractivity (Wildman–Crippen MR) is 54.5 cm³/mol. The molecule has 0 spiro atoms. The lowest BCUT2D eigenvalue weighted by atomic mass is 10.2. The first-order valence-corrected chi connectivity index (χ1v) is 4.36. The Labute approximate surface area is 87.0 Å². The summed E-state index contributed by atoms with van der Waals surface area (Å²) in [4.78, 5) is 20.9. The van der Waals surface area contributed by atoms with Gasteiger partial charge in [-0.15, -0.1) is 0 Å². The van der Waals surface area contributed by atoms with Gasteiger partial charge in [0.25, 0.3) is 0 Å². The molecule has 0 aliphatic heterocycles. The van der Waals surface area contributed by atoms with Crippen LogP contribution in [0.1, 0.15) is 10.4 Å². The first-order valence-electron chi connectivity index (χ1n) is 4.36. The quantitative estimate of drug-likeness (QED) is 0.649. The van der Waals surface area contributed by atoms with Crippen LogP contribution in [0.25, 0.3) is 0 Å². The lowest BCUT2D eigenvalue weighted by Gasteiger charge is -2.09. The standard InChI is InChI=1S/C10H12N2O3/c11-9(10(12)14)6-15-8-3-1-7(5-13)2-4-8/h1-5,9H,6,11H2,(H2,12,14). The smallest absolute Gasteiger partial charge is 0.237 e. The van der Waals surface area contributed by atoms with Crippen LogP contribution < -0.4 is 16.2 Å². The highest BCUT2D eigenvalue weighted by atomic mass is 16.5. The zero-order chi connectivity index (χ0) is 11.3. The molecule has 0 heterocycles. The van der Waals surface area contributed by atoms with Crippen LogP contribution in [-0.2, 0) is 4.79 Å². The van der Waals surface area contributed by atoms with Crippen molar-refractivity contribution in [3.63, 3.8) is 0 Å². The van der Waals surface area contributed by atoms with Crippen molar-refractivity contribution >= 4 is 12.2 Å². The van der Waals surface area contributed by atoms with Gasteiger partial charge < -0.3 is 16.2 Å². The van der Waals surface area contributed by atoms with Gasteiger partial charge in [0.2, 0.25) is 5.91 Å². The molecule has 0 aliphatic carbocycles. The minimum absolute atomic E-state index is 0.0236. The molecule has 1 aromatic carbocycles. The average molecular weight is 208 g/mol. The maximum absolute atomic E-state index is 10.6. The molecule has 5 nitrogen and oxygen atoms in total. The topological polar surface area (TPSA) is 95.4 Å². The van der Waals surface area contributed by atoms with E-state index in [-0.39, 0.29) is 6.61 Å². The van der Waals surface area contributed by atoms with E-state index in [4.69, 9.17) is 16.2 Å². The van der Waals surface area contributed by atoms with Gasteiger partial charge in [0, 0.05) is 5.56 Å². The maximum Gasteiger partial charge on any atom is 0.237 e. The van der Waals surface area contributed by atoms with Gasteiger partial charge in [0.1, 0.15) is 24.7 Å². The first-order chi connectivity index (χ1) is 7.13. The fourth-order valence-electron chi connectivity index (χ4n) is 0.911. The van der Waals surface area contributed by atoms with Crippen LogP contribution in [-0.4, -0.2) is 24.8 Å². The molecule has 80 valence electrons. The Morgan fingerprint density at radius 3 is 2.47 bits per heavy atom. The van der Waals surface area contributed by atoms with E-state index >= 15 is 0 Å². The normalized spacial score (nSPS) is 11.8. The molecule has 0 saturated carbocycles. The van der Waals surface area contributed by atoms with Gasteiger partial charge in [-0.3, -0.25) is 9.59 Å². The molecular formula is C10H12N2O3. The van der Waals surface area contributed by atoms with E-state index in [1.807, 2.05) is 0 Å². The summed E-state index contributed by atoms with van der Waals surface area (Å²) < 4.78 is 5.19. The average Bonchev–Trinajstić information content (AvgIpc) is 2.26. The molecule has 0 radical (unpaired) electrons. The van der Waals surface area contributed by atoms with E-state index in [1.54, 1.807) is 24.3 Å². The van der Waals surface area contributed by atoms with Crippen LogP contribution in [0.3, 0.4) is 0 Å². The predicted octanol–water partition coefficient (Wildman–Crippen LogP) is -0.309. The van der Waals surface area contributed by atoms with Crippen LogP contribution >= 0.6 is 0 Å². The number of rotatable bonds is 5. The van der Waals surface area contributed by atoms with E-state index in [1.165, 1.54) is 0 Å². The lowest BCUT2D eigenvalue weighted by Crippen LogP contribution is -2.41. The molecule has 1 amide bonds. The molecule has 15 heavy (non-hydrogen) atoms. The fraction of sp³-hybridized carbons (Fsp3) is 0.200. The van der Waals surface area contributed by atoms with Crippen molar-refractivity contribution in [1.82, 2.24) is 0 Å². The maximum atomic E-state index is 10.6. The third-order valence-corrected chi connectivity index (χ3v) is 1.81. The molecule has 0 saturated heterocycles. The Morgan fingerprint density at radius 2 is 2.00 bits per heavy atom. The summed E-state index contributed by atoms with van der Waals surface area (Å²) in [6.07, 6.45) is 0.735. The van der Waals surface area contributed by atoms with E-state index in [9.17, 15) is 9.59 Å². The fourth-order valence-corrected chi connectivity index (χ4v) is 0.911. The second-order valence-corrected chi connectivity index (χ2v) is 3.01. The van der Waals surface area contributed by atoms with Gasteiger partial charge in [-0.2, -0.15) is 0 Å². The van der Waals surface area contributed by atoms with Crippen molar-refractivity contribution in [3.8, 4) is 5.75 Å². The summed E-state index contributed by atoms with van der Waals surface area (Å²) in [7, 11) is 0. The monoisotopic (exact) mass is 208 g/mol. The van der Waals surface area contributed by atoms with Crippen molar-refractivity contribution in [1.29, 1.82) is 0 Å². The zero-order valence-corrected chi connectivity index (χ0v) is 8.05. The number of benzene rings is 1. The van der Waals surface area contributed by atoms with Crippen LogP contribution in [0.15, 0.2) is 24.3 Å². The Morgan fingerprint density at radius 1 is 1.40 bits per heavy atom. The molecule has 0 fully saturated rings. The highest BCUT2D eigenvalue weighted by Gasteiger charge is 2.09. The molecule has 0 aliphatic rings. The molecule has 1 rings (SSSR count). The number of aldehydes is 1. The number of ether oxygens (including phenoxy) is 1. The summed E-state index contributed by atoms with van der Waals surface area (Å²) in [5.74, 6) is -0.0724. The number of nitrogens with two attached hydrogens (primary N) is 2. The molecule has 4 N–H and O–H groups in total. The summed E-state index contributed by atoms with van der Waals surface area (Å²) in [5, 5.41) is 0. The number of primary amides is 1. The Bertz CT molecular complexity index is 348. The zero-order valence-electron chi connectivity index (χ0n) is 8.05. The number of carbonyl (C=O) groups is 2. The van der Waals surface area contributed by atoms with Crippen molar-refractivity contribution in [3.05, 3.63) is 29.8 Å². The molecule has 1 unspecified atom stereocenters. The third kappa shape index (κ3) is 3.40. The second-order valence-electron chi connectivity index (χ2n) is 3.01. The number of amides is 1. The van der Waals surface area contributed by atoms with Gasteiger partial charge >= 0.3 is 0 Å². The van der Waals surface area contributed by atoms with Gasteiger partial charge in [-0.25, -0.2) is 0 Å². The van der Waals surface area contributed by atoms with E-state index in [0.717, 1.165) is 6.29 Å². The summed E-state index contributed by atoms with van der Waals surface area (Å²) >= 11 is 0. The highest BCUT2D eigenvalue weighted by Crippen LogP contribution is 2.10. The Kier molecular flexibility index (Phi) is 3.82. The summed E-state index contributed by atoms with van der Waals surface area (Å²) in [5.41, 5.74) is 10.9. The molecule has 1 aromatic rings. The molecular weight excluding hydrogens is 196 g/mol. The number of hydrogen-bond donors (Lipinski definition) is 2. The molecule has 1 atom stereocenters. The SMILES string of the molecule is NC(=O)C(N)COc1ccc(C=O)cc1. The van der Waals surface area contributed by atoms with Gasteiger partial charge in [0.05, 0.1) is 0 Å². The van der Waals surface area contributed by atoms with E-state index in [2.05, 4.69) is 0 Å². The van der Waals surface area contributed by atoms with E-state index in [0.29, 0.717) is 11.3 Å². The van der Waals surface area contributed by atoms with E-state index < -0.39 is 11.9 Å². The van der Waals surface area contributed by atoms with Crippen molar-refractivity contribution in [2.24, 2.45) is 11.5 Å². The summed E-state index contributed by atoms with van der Waals surface area (Å²) in [6, 6.07) is 5.64. The summed E-state index contributed by atoms with van der Waals surface area (Å²) in [6.45, 7) is 0.0236. The van der Waals surface area contributed by atoms with Crippen LogP contribution in [0.2, 0.25) is 0 Å². The molecule has 0 aromatic heterocycles. The van der Waals surface area contributed by atoms with Gasteiger partial charge in [-0.1, -0.05) is 0 Å². The first kappa shape index (κ1) is 11.2. The number of carbonyl (C=O) groups excluding carboxylic acids is 2. The molecule has 5 heteroatoms. The van der Waals surface area contributed by atoms with Gasteiger partial charge in [-0.05, 0) is 24.3 Å². The van der Waals surface area contributed by atoms with Crippen molar-refractivity contribution in [2.75, 3.05) is 6.61 Å². The minimum atomic E-state index is -0.823. The Hall–Kier alpha value is -1.88.